The van der Waals surface area contributed by atoms with E-state index >= 15 is 0 Å². The van der Waals surface area contributed by atoms with Gasteiger partial charge in [0.1, 0.15) is 6.33 Å². The van der Waals surface area contributed by atoms with E-state index in [9.17, 15) is 8.42 Å². The number of hydrogen-bond donors (Lipinski definition) is 3. The minimum absolute atomic E-state index is 0.0914. The molecule has 0 aliphatic rings. The van der Waals surface area contributed by atoms with Crippen LogP contribution in [-0.2, 0) is 10.1 Å². The van der Waals surface area contributed by atoms with Gasteiger partial charge in [-0.1, -0.05) is 0 Å². The fourth-order valence-electron chi connectivity index (χ4n) is 0.752. The van der Waals surface area contributed by atoms with Crippen LogP contribution in [0.15, 0.2) is 12.7 Å². The lowest BCUT2D eigenvalue weighted by molar-refractivity contribution is 0.458. The van der Waals surface area contributed by atoms with E-state index in [2.05, 4.69) is 19.9 Å². The number of aromatic amines is 1. The SMILES string of the molecule is CS(=O)(=O)O.Oc1ncnc2[nH]cnc12. The van der Waals surface area contributed by atoms with Gasteiger partial charge in [0, 0.05) is 0 Å². The maximum absolute atomic E-state index is 9.19. The average Bonchev–Trinajstić information content (AvgIpc) is 2.49. The fraction of sp³-hybridized carbons (Fsp3) is 0.167. The van der Waals surface area contributed by atoms with Gasteiger partial charge in [0.15, 0.2) is 11.2 Å². The van der Waals surface area contributed by atoms with Crippen LogP contribution in [0.3, 0.4) is 0 Å². The largest absolute Gasteiger partial charge is 0.492 e. The van der Waals surface area contributed by atoms with Crippen LogP contribution in [-0.4, -0.2) is 44.3 Å². The summed E-state index contributed by atoms with van der Waals surface area (Å²) in [4.78, 5) is 13.9. The molecule has 8 nitrogen and oxygen atoms in total. The van der Waals surface area contributed by atoms with Crippen molar-refractivity contribution in [2.24, 2.45) is 0 Å². The van der Waals surface area contributed by atoms with Crippen molar-refractivity contribution >= 4 is 21.3 Å². The van der Waals surface area contributed by atoms with Crippen LogP contribution >= 0.6 is 0 Å². The zero-order chi connectivity index (χ0) is 11.5. The van der Waals surface area contributed by atoms with Gasteiger partial charge in [0.2, 0.25) is 5.88 Å². The Balaban J connectivity index is 0.000000195. The van der Waals surface area contributed by atoms with Gasteiger partial charge in [-0.2, -0.15) is 13.4 Å². The van der Waals surface area contributed by atoms with Gasteiger partial charge in [-0.3, -0.25) is 4.55 Å². The number of imidazole rings is 1. The highest BCUT2D eigenvalue weighted by Gasteiger charge is 2.01. The summed E-state index contributed by atoms with van der Waals surface area (Å²) < 4.78 is 25.9. The molecule has 2 heterocycles. The van der Waals surface area contributed by atoms with Crippen molar-refractivity contribution < 1.29 is 18.1 Å². The van der Waals surface area contributed by atoms with Gasteiger partial charge >= 0.3 is 0 Å². The maximum atomic E-state index is 9.19. The number of hydrogen-bond acceptors (Lipinski definition) is 6. The second-order valence-electron chi connectivity index (χ2n) is 2.53. The van der Waals surface area contributed by atoms with Crippen molar-refractivity contribution in [3.63, 3.8) is 0 Å². The molecule has 0 amide bonds. The van der Waals surface area contributed by atoms with Gasteiger partial charge in [-0.15, -0.1) is 0 Å². The number of H-pyrrole nitrogens is 1. The molecule has 0 radical (unpaired) electrons. The third-order valence-corrected chi connectivity index (χ3v) is 1.20. The van der Waals surface area contributed by atoms with Crippen LogP contribution in [0.25, 0.3) is 11.2 Å². The van der Waals surface area contributed by atoms with Crippen LogP contribution in [0.5, 0.6) is 5.88 Å². The summed E-state index contributed by atoms with van der Waals surface area (Å²) in [5, 5.41) is 9.03. The molecule has 2 aromatic heterocycles. The predicted octanol–water partition coefficient (Wildman–Crippen LogP) is -0.438. The van der Waals surface area contributed by atoms with Crippen LogP contribution < -0.4 is 0 Å². The van der Waals surface area contributed by atoms with Crippen LogP contribution in [0, 0.1) is 0 Å². The topological polar surface area (TPSA) is 129 Å². The molecule has 3 N–H and O–H groups in total. The first kappa shape index (κ1) is 11.3. The highest BCUT2D eigenvalue weighted by molar-refractivity contribution is 7.85. The Morgan fingerprint density at radius 1 is 1.33 bits per heavy atom. The van der Waals surface area contributed by atoms with E-state index in [0.717, 1.165) is 0 Å². The molecule has 0 aliphatic carbocycles. The Kier molecular flexibility index (Phi) is 3.17. The number of rotatable bonds is 0. The summed E-state index contributed by atoms with van der Waals surface area (Å²) in [5.41, 5.74) is 0.954. The van der Waals surface area contributed by atoms with Crippen molar-refractivity contribution in [1.29, 1.82) is 0 Å². The van der Waals surface area contributed by atoms with E-state index < -0.39 is 10.1 Å². The molecule has 9 heteroatoms. The number of aromatic hydroxyl groups is 1. The summed E-state index contributed by atoms with van der Waals surface area (Å²) >= 11 is 0. The molecule has 0 atom stereocenters. The van der Waals surface area contributed by atoms with Gasteiger partial charge in [0.25, 0.3) is 10.1 Å². The summed E-state index contributed by atoms with van der Waals surface area (Å²) in [5.74, 6) is -0.0914. The Hall–Kier alpha value is -1.74. The molecule has 0 aliphatic heterocycles. The van der Waals surface area contributed by atoms with Crippen molar-refractivity contribution in [3.8, 4) is 5.88 Å². The molecule has 2 aromatic rings. The summed E-state index contributed by atoms with van der Waals surface area (Å²) in [6, 6.07) is 0. The quantitative estimate of drug-likeness (QED) is 0.525. The van der Waals surface area contributed by atoms with E-state index in [1.165, 1.54) is 12.7 Å². The predicted molar refractivity (Wildman–Crippen MR) is 50.8 cm³/mol. The van der Waals surface area contributed by atoms with E-state index in [4.69, 9.17) is 9.66 Å². The minimum Gasteiger partial charge on any atom is -0.492 e. The zero-order valence-corrected chi connectivity index (χ0v) is 8.43. The monoisotopic (exact) mass is 232 g/mol. The number of aromatic nitrogens is 4. The summed E-state index contributed by atoms with van der Waals surface area (Å²) in [6.07, 6.45) is 3.45. The van der Waals surface area contributed by atoms with Crippen molar-refractivity contribution in [2.45, 2.75) is 0 Å². The normalized spacial score (nSPS) is 10.8. The molecule has 0 saturated heterocycles. The molecule has 82 valence electrons. The molecule has 2 rings (SSSR count). The van der Waals surface area contributed by atoms with Gasteiger partial charge < -0.3 is 10.1 Å². The maximum Gasteiger partial charge on any atom is 0.261 e. The molecule has 0 fully saturated rings. The second kappa shape index (κ2) is 4.19. The number of nitrogens with one attached hydrogen (secondary N) is 1. The standard InChI is InChI=1S/C5H4N4O.CH4O3S/c10-5-3-4(7-1-6-3)8-2-9-5;1-5(2,3)4/h1-2H,(H2,6,7,8,9,10);1H3,(H,2,3,4). The smallest absolute Gasteiger partial charge is 0.261 e. The third-order valence-electron chi connectivity index (χ3n) is 1.20. The Bertz CT molecular complexity index is 541. The first-order valence-electron chi connectivity index (χ1n) is 3.63. The van der Waals surface area contributed by atoms with Crippen LogP contribution in [0.2, 0.25) is 0 Å². The van der Waals surface area contributed by atoms with Crippen molar-refractivity contribution in [1.82, 2.24) is 19.9 Å². The molecule has 0 spiro atoms. The third kappa shape index (κ3) is 3.87. The Morgan fingerprint density at radius 3 is 2.47 bits per heavy atom. The van der Waals surface area contributed by atoms with E-state index in [1.54, 1.807) is 0 Å². The molecule has 0 bridgehead atoms. The molecule has 0 unspecified atom stereocenters. The number of fused-ring (bicyclic) bond motifs is 1. The van der Waals surface area contributed by atoms with E-state index in [-0.39, 0.29) is 5.88 Å². The number of nitrogens with zero attached hydrogens (tertiary/aromatic N) is 3. The lowest BCUT2D eigenvalue weighted by atomic mass is 10.5. The highest BCUT2D eigenvalue weighted by atomic mass is 32.2. The summed E-state index contributed by atoms with van der Waals surface area (Å²) in [7, 11) is -3.67. The fourth-order valence-corrected chi connectivity index (χ4v) is 0.752. The Labute approximate surface area is 84.8 Å². The summed E-state index contributed by atoms with van der Waals surface area (Å²) in [6.45, 7) is 0. The van der Waals surface area contributed by atoms with Crippen molar-refractivity contribution in [2.75, 3.05) is 6.26 Å². The second-order valence-corrected chi connectivity index (χ2v) is 4.00. The molecule has 0 aromatic carbocycles. The van der Waals surface area contributed by atoms with E-state index in [1.807, 2.05) is 0 Å². The lowest BCUT2D eigenvalue weighted by Crippen LogP contribution is -1.88. The van der Waals surface area contributed by atoms with Gasteiger partial charge in [0.05, 0.1) is 12.6 Å². The first-order chi connectivity index (χ1) is 6.88. The lowest BCUT2D eigenvalue weighted by Gasteiger charge is -1.87. The Morgan fingerprint density at radius 2 is 1.93 bits per heavy atom. The van der Waals surface area contributed by atoms with Gasteiger partial charge in [-0.05, 0) is 0 Å². The van der Waals surface area contributed by atoms with Gasteiger partial charge in [-0.25, -0.2) is 9.97 Å². The molecular formula is C6H8N4O4S. The highest BCUT2D eigenvalue weighted by Crippen LogP contribution is 2.13. The average molecular weight is 232 g/mol. The zero-order valence-electron chi connectivity index (χ0n) is 7.62. The molecule has 15 heavy (non-hydrogen) atoms. The molecule has 0 saturated carbocycles. The van der Waals surface area contributed by atoms with E-state index in [0.29, 0.717) is 17.4 Å². The van der Waals surface area contributed by atoms with Crippen LogP contribution in [0.4, 0.5) is 0 Å². The first-order valence-corrected chi connectivity index (χ1v) is 5.48. The molecular weight excluding hydrogens is 224 g/mol. The van der Waals surface area contributed by atoms with Crippen molar-refractivity contribution in [3.05, 3.63) is 12.7 Å². The van der Waals surface area contributed by atoms with Crippen LogP contribution in [0.1, 0.15) is 0 Å². The minimum atomic E-state index is -3.67.